The van der Waals surface area contributed by atoms with E-state index in [1.165, 1.54) is 0 Å². The van der Waals surface area contributed by atoms with Gasteiger partial charge in [-0.3, -0.25) is 9.59 Å². The maximum absolute atomic E-state index is 12.8. The molecule has 2 aromatic rings. The first-order chi connectivity index (χ1) is 12.3. The summed E-state index contributed by atoms with van der Waals surface area (Å²) in [5, 5.41) is 2.92. The van der Waals surface area contributed by atoms with E-state index < -0.39 is 11.8 Å². The Labute approximate surface area is 158 Å². The second-order valence-electron chi connectivity index (χ2n) is 6.88. The number of hydrogen-bond donors (Lipinski definition) is 1. The summed E-state index contributed by atoms with van der Waals surface area (Å²) in [5.41, 5.74) is 4.60. The molecule has 2 amide bonds. The lowest BCUT2D eigenvalue weighted by atomic mass is 10.0. The van der Waals surface area contributed by atoms with Crippen molar-refractivity contribution >= 4 is 34.8 Å². The number of aryl methyl sites for hydroxylation is 2. The molecule has 0 atom stereocenters. The van der Waals surface area contributed by atoms with Gasteiger partial charge in [-0.05, 0) is 60.7 Å². The quantitative estimate of drug-likeness (QED) is 0.784. The molecule has 2 aromatic carbocycles. The molecule has 0 saturated carbocycles. The van der Waals surface area contributed by atoms with Gasteiger partial charge in [-0.1, -0.05) is 43.6 Å². The normalized spacial score (nSPS) is 14.6. The zero-order valence-corrected chi connectivity index (χ0v) is 16.0. The number of imide groups is 1. The Hall–Kier alpha value is -2.59. The second kappa shape index (κ2) is 6.96. The maximum atomic E-state index is 12.8. The Morgan fingerprint density at radius 1 is 0.923 bits per heavy atom. The highest BCUT2D eigenvalue weighted by molar-refractivity contribution is 6.53. The third-order valence-corrected chi connectivity index (χ3v) is 4.69. The van der Waals surface area contributed by atoms with Gasteiger partial charge in [0.25, 0.3) is 11.8 Å². The van der Waals surface area contributed by atoms with Gasteiger partial charge in [-0.2, -0.15) is 0 Å². The minimum atomic E-state index is -0.513. The van der Waals surface area contributed by atoms with Crippen molar-refractivity contribution in [2.24, 2.45) is 0 Å². The zero-order chi connectivity index (χ0) is 19.0. The van der Waals surface area contributed by atoms with Crippen molar-refractivity contribution in [3.63, 3.8) is 0 Å². The molecule has 1 aliphatic heterocycles. The van der Waals surface area contributed by atoms with E-state index in [-0.39, 0.29) is 10.7 Å². The van der Waals surface area contributed by atoms with Crippen molar-refractivity contribution in [3.8, 4) is 0 Å². The molecular formula is C21H21ClN2O2. The Bertz CT molecular complexity index is 894. The Balaban J connectivity index is 1.89. The van der Waals surface area contributed by atoms with Gasteiger partial charge in [0, 0.05) is 5.69 Å². The summed E-state index contributed by atoms with van der Waals surface area (Å²) in [6.45, 7) is 8.12. The van der Waals surface area contributed by atoms with Crippen LogP contribution in [0.2, 0.25) is 0 Å². The number of halogens is 1. The summed E-state index contributed by atoms with van der Waals surface area (Å²) < 4.78 is 0. The fourth-order valence-corrected chi connectivity index (χ4v) is 3.26. The van der Waals surface area contributed by atoms with E-state index in [1.807, 2.05) is 44.2 Å². The molecule has 26 heavy (non-hydrogen) atoms. The van der Waals surface area contributed by atoms with E-state index in [0.717, 1.165) is 27.3 Å². The first-order valence-corrected chi connectivity index (χ1v) is 8.89. The van der Waals surface area contributed by atoms with Crippen molar-refractivity contribution in [2.75, 3.05) is 10.2 Å². The van der Waals surface area contributed by atoms with E-state index >= 15 is 0 Å². The molecule has 0 fully saturated rings. The molecular weight excluding hydrogens is 348 g/mol. The molecule has 0 unspecified atom stereocenters. The molecule has 0 bridgehead atoms. The van der Waals surface area contributed by atoms with Gasteiger partial charge in [-0.25, -0.2) is 4.90 Å². The fourth-order valence-electron chi connectivity index (χ4n) is 3.05. The minimum absolute atomic E-state index is 0.0953. The van der Waals surface area contributed by atoms with Crippen molar-refractivity contribution in [3.05, 3.63) is 69.9 Å². The standard InChI is InChI=1S/C21H21ClN2O2/c1-12(2)15-5-7-17(8-6-15)24-20(25)18(22)19(21(24)26)23-16-10-13(3)9-14(4)11-16/h5-12,23H,1-4H3. The van der Waals surface area contributed by atoms with Crippen LogP contribution >= 0.6 is 11.6 Å². The van der Waals surface area contributed by atoms with Crippen LogP contribution in [0.4, 0.5) is 11.4 Å². The average Bonchev–Trinajstić information content (AvgIpc) is 2.78. The van der Waals surface area contributed by atoms with Crippen LogP contribution in [-0.4, -0.2) is 11.8 Å². The van der Waals surface area contributed by atoms with Crippen LogP contribution in [0.15, 0.2) is 53.2 Å². The highest BCUT2D eigenvalue weighted by Crippen LogP contribution is 2.31. The van der Waals surface area contributed by atoms with E-state index in [0.29, 0.717) is 11.6 Å². The summed E-state index contributed by atoms with van der Waals surface area (Å²) in [7, 11) is 0. The predicted octanol–water partition coefficient (Wildman–Crippen LogP) is 4.86. The molecule has 1 N–H and O–H groups in total. The lowest BCUT2D eigenvalue weighted by molar-refractivity contribution is -0.120. The monoisotopic (exact) mass is 368 g/mol. The largest absolute Gasteiger partial charge is 0.350 e. The van der Waals surface area contributed by atoms with Crippen molar-refractivity contribution in [1.29, 1.82) is 0 Å². The molecule has 0 aliphatic carbocycles. The molecule has 0 spiro atoms. The minimum Gasteiger partial charge on any atom is -0.350 e. The Kier molecular flexibility index (Phi) is 4.88. The summed E-state index contributed by atoms with van der Waals surface area (Å²) in [4.78, 5) is 26.5. The zero-order valence-electron chi connectivity index (χ0n) is 15.3. The van der Waals surface area contributed by atoms with Gasteiger partial charge in [0.15, 0.2) is 0 Å². The van der Waals surface area contributed by atoms with Crippen LogP contribution in [0, 0.1) is 13.8 Å². The number of carbonyl (C=O) groups excluding carboxylic acids is 2. The first kappa shape index (κ1) is 18.2. The van der Waals surface area contributed by atoms with Crippen molar-refractivity contribution < 1.29 is 9.59 Å². The van der Waals surface area contributed by atoms with Crippen LogP contribution < -0.4 is 10.2 Å². The van der Waals surface area contributed by atoms with Crippen molar-refractivity contribution in [2.45, 2.75) is 33.6 Å². The molecule has 1 aliphatic rings. The van der Waals surface area contributed by atoms with Gasteiger partial charge in [0.2, 0.25) is 0 Å². The second-order valence-corrected chi connectivity index (χ2v) is 7.26. The maximum Gasteiger partial charge on any atom is 0.283 e. The van der Waals surface area contributed by atoms with E-state index in [1.54, 1.807) is 12.1 Å². The highest BCUT2D eigenvalue weighted by atomic mass is 35.5. The number of anilines is 2. The molecule has 0 radical (unpaired) electrons. The van der Waals surface area contributed by atoms with Crippen LogP contribution in [0.5, 0.6) is 0 Å². The van der Waals surface area contributed by atoms with Crippen LogP contribution in [-0.2, 0) is 9.59 Å². The predicted molar refractivity (Wildman–Crippen MR) is 105 cm³/mol. The van der Waals surface area contributed by atoms with Gasteiger partial charge in [-0.15, -0.1) is 0 Å². The van der Waals surface area contributed by atoms with E-state index in [4.69, 9.17) is 11.6 Å². The first-order valence-electron chi connectivity index (χ1n) is 8.51. The van der Waals surface area contributed by atoms with E-state index in [9.17, 15) is 9.59 Å². The molecule has 134 valence electrons. The van der Waals surface area contributed by atoms with Gasteiger partial charge in [0.1, 0.15) is 10.7 Å². The van der Waals surface area contributed by atoms with Gasteiger partial charge < -0.3 is 5.32 Å². The summed E-state index contributed by atoms with van der Waals surface area (Å²) in [6, 6.07) is 13.2. The summed E-state index contributed by atoms with van der Waals surface area (Å²) in [5.74, 6) is -0.588. The SMILES string of the molecule is Cc1cc(C)cc(NC2=C(Cl)C(=O)N(c3ccc(C(C)C)cc3)C2=O)c1. The number of hydrogen-bond acceptors (Lipinski definition) is 3. The smallest absolute Gasteiger partial charge is 0.283 e. The van der Waals surface area contributed by atoms with Gasteiger partial charge >= 0.3 is 0 Å². The summed E-state index contributed by atoms with van der Waals surface area (Å²) >= 11 is 6.18. The van der Waals surface area contributed by atoms with E-state index in [2.05, 4.69) is 19.2 Å². The third-order valence-electron chi connectivity index (χ3n) is 4.34. The van der Waals surface area contributed by atoms with Crippen LogP contribution in [0.25, 0.3) is 0 Å². The van der Waals surface area contributed by atoms with Gasteiger partial charge in [0.05, 0.1) is 5.69 Å². The number of amides is 2. The van der Waals surface area contributed by atoms with Crippen LogP contribution in [0.3, 0.4) is 0 Å². The topological polar surface area (TPSA) is 49.4 Å². The lowest BCUT2D eigenvalue weighted by Gasteiger charge is -2.16. The summed E-state index contributed by atoms with van der Waals surface area (Å²) in [6.07, 6.45) is 0. The molecule has 0 aromatic heterocycles. The third kappa shape index (κ3) is 3.37. The average molecular weight is 369 g/mol. The Morgan fingerprint density at radius 3 is 2.04 bits per heavy atom. The van der Waals surface area contributed by atoms with Crippen molar-refractivity contribution in [1.82, 2.24) is 0 Å². The number of rotatable bonds is 4. The Morgan fingerprint density at radius 2 is 1.50 bits per heavy atom. The molecule has 3 rings (SSSR count). The number of carbonyl (C=O) groups is 2. The lowest BCUT2D eigenvalue weighted by Crippen LogP contribution is -2.32. The molecule has 0 saturated heterocycles. The number of nitrogens with one attached hydrogen (secondary N) is 1. The molecule has 5 heteroatoms. The molecule has 4 nitrogen and oxygen atoms in total. The fraction of sp³-hybridized carbons (Fsp3) is 0.238. The number of nitrogens with zero attached hydrogens (tertiary/aromatic N) is 1. The molecule has 1 heterocycles. The number of benzene rings is 2. The van der Waals surface area contributed by atoms with Crippen LogP contribution in [0.1, 0.15) is 36.5 Å². The highest BCUT2D eigenvalue weighted by Gasteiger charge is 2.38.